The summed E-state index contributed by atoms with van der Waals surface area (Å²) in [6, 6.07) is 0. The number of rotatable bonds is 24. The van der Waals surface area contributed by atoms with Gasteiger partial charge in [-0.3, -0.25) is 4.55 Å². The van der Waals surface area contributed by atoms with Crippen molar-refractivity contribution in [2.45, 2.75) is 116 Å². The van der Waals surface area contributed by atoms with Gasteiger partial charge in [0.15, 0.2) is 0 Å². The van der Waals surface area contributed by atoms with Gasteiger partial charge < -0.3 is 8.97 Å². The summed E-state index contributed by atoms with van der Waals surface area (Å²) < 4.78 is 32.6. The van der Waals surface area contributed by atoms with Crippen molar-refractivity contribution in [3.05, 3.63) is 0 Å². The molecule has 0 aromatic heterocycles. The summed E-state index contributed by atoms with van der Waals surface area (Å²) in [6.45, 7) is 6.78. The van der Waals surface area contributed by atoms with E-state index in [-0.39, 0.29) is 5.75 Å². The van der Waals surface area contributed by atoms with Crippen LogP contribution in [0.2, 0.25) is 0 Å². The molecule has 200 valence electrons. The SMILES string of the molecule is CCCCCCCCCCCC[N+](C)(C)CCCCCCCC[N+](C)(C)CCCS(=O)(=O)O. The lowest BCUT2D eigenvalue weighted by Gasteiger charge is -2.30. The Morgan fingerprint density at radius 2 is 0.758 bits per heavy atom. The number of hydrogen-bond donors (Lipinski definition) is 1. The van der Waals surface area contributed by atoms with Gasteiger partial charge in [-0.25, -0.2) is 0 Å². The van der Waals surface area contributed by atoms with E-state index in [0.717, 1.165) is 17.6 Å². The van der Waals surface area contributed by atoms with Crippen molar-refractivity contribution in [1.82, 2.24) is 0 Å². The van der Waals surface area contributed by atoms with E-state index in [1.165, 1.54) is 120 Å². The summed E-state index contributed by atoms with van der Waals surface area (Å²) in [7, 11) is 5.28. The van der Waals surface area contributed by atoms with Gasteiger partial charge in [0.2, 0.25) is 0 Å². The molecular weight excluding hydrogens is 432 g/mol. The highest BCUT2D eigenvalue weighted by atomic mass is 32.2. The first-order valence-corrected chi connectivity index (χ1v) is 15.7. The zero-order valence-corrected chi connectivity index (χ0v) is 23.9. The molecule has 0 rings (SSSR count). The minimum absolute atomic E-state index is 0.122. The van der Waals surface area contributed by atoms with Gasteiger partial charge in [-0.2, -0.15) is 8.42 Å². The highest BCUT2D eigenvalue weighted by molar-refractivity contribution is 7.85. The predicted octanol–water partition coefficient (Wildman–Crippen LogP) is 6.68. The Balaban J connectivity index is 3.56. The van der Waals surface area contributed by atoms with Crippen LogP contribution in [-0.2, 0) is 10.1 Å². The fourth-order valence-electron chi connectivity index (χ4n) is 4.71. The summed E-state index contributed by atoms with van der Waals surface area (Å²) in [4.78, 5) is 0. The number of quaternary nitrogens is 2. The first kappa shape index (κ1) is 32.8. The maximum absolute atomic E-state index is 10.8. The third-order valence-electron chi connectivity index (χ3n) is 7.06. The molecule has 0 amide bonds. The molecule has 0 fully saturated rings. The van der Waals surface area contributed by atoms with Gasteiger partial charge in [0, 0.05) is 6.42 Å². The van der Waals surface area contributed by atoms with Crippen molar-refractivity contribution in [2.75, 3.05) is 60.1 Å². The third-order valence-corrected chi connectivity index (χ3v) is 7.86. The quantitative estimate of drug-likeness (QED) is 0.0929. The molecule has 1 N–H and O–H groups in total. The predicted molar refractivity (Wildman–Crippen MR) is 144 cm³/mol. The van der Waals surface area contributed by atoms with Crippen LogP contribution in [0.4, 0.5) is 0 Å². The molecule has 0 atom stereocenters. The van der Waals surface area contributed by atoms with Crippen LogP contribution in [-0.4, -0.2) is 82.1 Å². The fourth-order valence-corrected chi connectivity index (χ4v) is 5.21. The minimum Gasteiger partial charge on any atom is -0.328 e. The molecule has 0 aliphatic heterocycles. The maximum Gasteiger partial charge on any atom is 0.265 e. The molecule has 0 saturated heterocycles. The Morgan fingerprint density at radius 3 is 1.06 bits per heavy atom. The summed E-state index contributed by atoms with van der Waals surface area (Å²) in [5, 5.41) is 0. The first-order chi connectivity index (χ1) is 15.5. The lowest BCUT2D eigenvalue weighted by atomic mass is 10.1. The lowest BCUT2D eigenvalue weighted by Crippen LogP contribution is -2.41. The highest BCUT2D eigenvalue weighted by Crippen LogP contribution is 2.14. The van der Waals surface area contributed by atoms with Gasteiger partial charge in [0.25, 0.3) is 10.1 Å². The summed E-state index contributed by atoms with van der Waals surface area (Å²) in [6.07, 6.45) is 22.4. The van der Waals surface area contributed by atoms with Crippen molar-refractivity contribution >= 4 is 10.1 Å². The van der Waals surface area contributed by atoms with Crippen LogP contribution in [0.1, 0.15) is 116 Å². The van der Waals surface area contributed by atoms with E-state index < -0.39 is 10.1 Å². The molecule has 0 saturated carbocycles. The molecule has 0 aromatic rings. The van der Waals surface area contributed by atoms with Crippen LogP contribution in [0, 0.1) is 0 Å². The monoisotopic (exact) mass is 492 g/mol. The van der Waals surface area contributed by atoms with Gasteiger partial charge in [-0.15, -0.1) is 0 Å². The average molecular weight is 493 g/mol. The molecule has 0 radical (unpaired) electrons. The number of nitrogens with zero attached hydrogens (tertiary/aromatic N) is 2. The molecule has 33 heavy (non-hydrogen) atoms. The van der Waals surface area contributed by atoms with Crippen molar-refractivity contribution in [2.24, 2.45) is 0 Å². The van der Waals surface area contributed by atoms with Gasteiger partial charge in [0.05, 0.1) is 60.1 Å². The Morgan fingerprint density at radius 1 is 0.485 bits per heavy atom. The van der Waals surface area contributed by atoms with Crippen molar-refractivity contribution in [1.29, 1.82) is 0 Å². The molecule has 0 aliphatic rings. The first-order valence-electron chi connectivity index (χ1n) is 14.1. The zero-order valence-electron chi connectivity index (χ0n) is 23.1. The van der Waals surface area contributed by atoms with E-state index in [1.54, 1.807) is 0 Å². The van der Waals surface area contributed by atoms with Crippen molar-refractivity contribution in [3.63, 3.8) is 0 Å². The minimum atomic E-state index is -3.82. The molecule has 5 nitrogen and oxygen atoms in total. The third kappa shape index (κ3) is 24.7. The second-order valence-electron chi connectivity index (χ2n) is 11.7. The molecular formula is C27H60N2O3S+2. The van der Waals surface area contributed by atoms with Gasteiger partial charge in [-0.05, 0) is 38.5 Å². The Labute approximate surface area is 208 Å². The normalized spacial score (nSPS) is 13.0. The Hall–Kier alpha value is -0.170. The summed E-state index contributed by atoms with van der Waals surface area (Å²) in [5.41, 5.74) is 0. The van der Waals surface area contributed by atoms with Gasteiger partial charge in [0.1, 0.15) is 0 Å². The average Bonchev–Trinajstić information content (AvgIpc) is 2.70. The topological polar surface area (TPSA) is 54.4 Å². The Kier molecular flexibility index (Phi) is 19.0. The lowest BCUT2D eigenvalue weighted by molar-refractivity contribution is -0.890. The number of unbranched alkanes of at least 4 members (excludes halogenated alkanes) is 14. The van der Waals surface area contributed by atoms with E-state index in [2.05, 4.69) is 35.1 Å². The largest absolute Gasteiger partial charge is 0.328 e. The van der Waals surface area contributed by atoms with Crippen LogP contribution < -0.4 is 0 Å². The molecule has 0 heterocycles. The second kappa shape index (κ2) is 19.1. The molecule has 0 bridgehead atoms. The van der Waals surface area contributed by atoms with E-state index in [4.69, 9.17) is 4.55 Å². The van der Waals surface area contributed by atoms with Crippen LogP contribution in [0.5, 0.6) is 0 Å². The maximum atomic E-state index is 10.8. The van der Waals surface area contributed by atoms with Crippen molar-refractivity contribution in [3.8, 4) is 0 Å². The van der Waals surface area contributed by atoms with Crippen LogP contribution in [0.15, 0.2) is 0 Å². The molecule has 0 aliphatic carbocycles. The highest BCUT2D eigenvalue weighted by Gasteiger charge is 2.16. The smallest absolute Gasteiger partial charge is 0.265 e. The van der Waals surface area contributed by atoms with E-state index in [9.17, 15) is 8.42 Å². The summed E-state index contributed by atoms with van der Waals surface area (Å²) in [5.74, 6) is -0.122. The number of hydrogen-bond acceptors (Lipinski definition) is 2. The van der Waals surface area contributed by atoms with E-state index in [0.29, 0.717) is 6.42 Å². The molecule has 0 spiro atoms. The molecule has 0 aromatic carbocycles. The van der Waals surface area contributed by atoms with E-state index >= 15 is 0 Å². The summed E-state index contributed by atoms with van der Waals surface area (Å²) >= 11 is 0. The standard InChI is InChI=1S/C27H59N2O3S/c1-6-7-8-9-10-11-12-13-16-19-23-28(2,3)24-20-17-14-15-18-21-25-29(4,5)26-22-27-33(30,31)32/h6-27H2,1-5H3/q+1/p+1. The van der Waals surface area contributed by atoms with E-state index in [1.807, 2.05) is 0 Å². The van der Waals surface area contributed by atoms with Crippen molar-refractivity contribution < 1.29 is 21.9 Å². The molecule has 6 heteroatoms. The van der Waals surface area contributed by atoms with Gasteiger partial charge in [-0.1, -0.05) is 71.1 Å². The van der Waals surface area contributed by atoms with Crippen LogP contribution in [0.3, 0.4) is 0 Å². The van der Waals surface area contributed by atoms with Crippen LogP contribution >= 0.6 is 0 Å². The van der Waals surface area contributed by atoms with Gasteiger partial charge >= 0.3 is 0 Å². The fraction of sp³-hybridized carbons (Fsp3) is 1.00. The zero-order chi connectivity index (χ0) is 25.1. The Bertz CT molecular complexity index is 548. The molecule has 0 unspecified atom stereocenters. The second-order valence-corrected chi connectivity index (χ2v) is 13.3. The van der Waals surface area contributed by atoms with Crippen LogP contribution in [0.25, 0.3) is 0 Å².